The van der Waals surface area contributed by atoms with Crippen LogP contribution < -0.4 is 5.73 Å². The highest BCUT2D eigenvalue weighted by atomic mass is 35.5. The van der Waals surface area contributed by atoms with Crippen LogP contribution in [0.3, 0.4) is 0 Å². The summed E-state index contributed by atoms with van der Waals surface area (Å²) in [6.07, 6.45) is 7.71. The minimum absolute atomic E-state index is 0.162. The van der Waals surface area contributed by atoms with Crippen molar-refractivity contribution in [1.82, 2.24) is 4.90 Å². The molecule has 0 heterocycles. The predicted octanol–water partition coefficient (Wildman–Crippen LogP) is 3.82. The van der Waals surface area contributed by atoms with Crippen LogP contribution in [0.5, 0.6) is 0 Å². The smallest absolute Gasteiger partial charge is 0.0451 e. The van der Waals surface area contributed by atoms with E-state index in [1.165, 1.54) is 44.1 Å². The Morgan fingerprint density at radius 1 is 1.16 bits per heavy atom. The van der Waals surface area contributed by atoms with Crippen molar-refractivity contribution in [2.24, 2.45) is 5.73 Å². The molecule has 2 rings (SSSR count). The molecule has 2 nitrogen and oxygen atoms in total. The van der Waals surface area contributed by atoms with Crippen LogP contribution in [0, 0.1) is 0 Å². The maximum atomic E-state index is 6.27. The third-order valence-corrected chi connectivity index (χ3v) is 4.96. The van der Waals surface area contributed by atoms with Crippen molar-refractivity contribution in [3.05, 3.63) is 34.9 Å². The van der Waals surface area contributed by atoms with Crippen LogP contribution in [-0.4, -0.2) is 24.0 Å². The van der Waals surface area contributed by atoms with Crippen LogP contribution >= 0.6 is 11.6 Å². The summed E-state index contributed by atoms with van der Waals surface area (Å²) in [5.41, 5.74) is 7.49. The second-order valence-electron chi connectivity index (χ2n) is 5.79. The van der Waals surface area contributed by atoms with Gasteiger partial charge in [0.2, 0.25) is 0 Å². The average Bonchev–Trinajstić information content (AvgIpc) is 2.67. The summed E-state index contributed by atoms with van der Waals surface area (Å²) in [4.78, 5) is 2.43. The molecule has 3 heteroatoms. The summed E-state index contributed by atoms with van der Waals surface area (Å²) in [6.45, 7) is 1.63. The molecule has 0 spiro atoms. The average molecular weight is 281 g/mol. The van der Waals surface area contributed by atoms with Gasteiger partial charge in [-0.05, 0) is 31.5 Å². The lowest BCUT2D eigenvalue weighted by atomic mass is 9.88. The normalized spacial score (nSPS) is 19.4. The fourth-order valence-electron chi connectivity index (χ4n) is 3.18. The Balaban J connectivity index is 2.12. The fourth-order valence-corrected chi connectivity index (χ4v) is 3.37. The van der Waals surface area contributed by atoms with E-state index in [0.717, 1.165) is 18.1 Å². The largest absolute Gasteiger partial charge is 0.329 e. The maximum absolute atomic E-state index is 6.27. The van der Waals surface area contributed by atoms with Gasteiger partial charge in [-0.25, -0.2) is 0 Å². The lowest BCUT2D eigenvalue weighted by Crippen LogP contribution is -2.51. The molecule has 1 aliphatic carbocycles. The van der Waals surface area contributed by atoms with Crippen molar-refractivity contribution in [1.29, 1.82) is 0 Å². The summed E-state index contributed by atoms with van der Waals surface area (Å²) >= 11 is 6.27. The quantitative estimate of drug-likeness (QED) is 0.850. The highest BCUT2D eigenvalue weighted by Crippen LogP contribution is 2.32. The minimum Gasteiger partial charge on any atom is -0.329 e. The van der Waals surface area contributed by atoms with Gasteiger partial charge in [0, 0.05) is 23.7 Å². The topological polar surface area (TPSA) is 29.3 Å². The summed E-state index contributed by atoms with van der Waals surface area (Å²) in [5.74, 6) is 0. The van der Waals surface area contributed by atoms with Crippen LogP contribution in [-0.2, 0) is 6.54 Å². The summed E-state index contributed by atoms with van der Waals surface area (Å²) in [7, 11) is 2.20. The first-order valence-corrected chi connectivity index (χ1v) is 7.70. The number of hydrogen-bond donors (Lipinski definition) is 1. The first-order chi connectivity index (χ1) is 9.18. The van der Waals surface area contributed by atoms with Gasteiger partial charge in [0.25, 0.3) is 0 Å². The van der Waals surface area contributed by atoms with E-state index < -0.39 is 0 Å². The monoisotopic (exact) mass is 280 g/mol. The van der Waals surface area contributed by atoms with Gasteiger partial charge < -0.3 is 5.73 Å². The fraction of sp³-hybridized carbons (Fsp3) is 0.625. The van der Waals surface area contributed by atoms with Crippen molar-refractivity contribution in [2.45, 2.75) is 50.6 Å². The molecule has 0 radical (unpaired) electrons. The molecule has 0 saturated heterocycles. The standard InChI is InChI=1S/C16H25ClN2/c1-19(12-14-8-4-5-9-15(14)17)16(13-18)10-6-2-3-7-11-16/h4-5,8-9H,2-3,6-7,10-13,18H2,1H3. The Bertz CT molecular complexity index is 397. The molecule has 0 atom stereocenters. The lowest BCUT2D eigenvalue weighted by molar-refractivity contribution is 0.0997. The molecule has 106 valence electrons. The molecular formula is C16H25ClN2. The molecule has 19 heavy (non-hydrogen) atoms. The molecule has 1 saturated carbocycles. The van der Waals surface area contributed by atoms with Crippen molar-refractivity contribution in [2.75, 3.05) is 13.6 Å². The van der Waals surface area contributed by atoms with Crippen molar-refractivity contribution < 1.29 is 0 Å². The number of likely N-dealkylation sites (N-methyl/N-ethyl adjacent to an activating group) is 1. The van der Waals surface area contributed by atoms with E-state index >= 15 is 0 Å². The maximum Gasteiger partial charge on any atom is 0.0451 e. The van der Waals surface area contributed by atoms with Crippen LogP contribution in [0.2, 0.25) is 5.02 Å². The zero-order valence-corrected chi connectivity index (χ0v) is 12.6. The molecule has 1 aromatic rings. The summed E-state index contributed by atoms with van der Waals surface area (Å²) < 4.78 is 0. The lowest BCUT2D eigenvalue weighted by Gasteiger charge is -2.41. The van der Waals surface area contributed by atoms with Gasteiger partial charge in [0.05, 0.1) is 0 Å². The molecular weight excluding hydrogens is 256 g/mol. The van der Waals surface area contributed by atoms with Crippen LogP contribution in [0.4, 0.5) is 0 Å². The third-order valence-electron chi connectivity index (χ3n) is 4.59. The number of hydrogen-bond acceptors (Lipinski definition) is 2. The van der Waals surface area contributed by atoms with Gasteiger partial charge in [0.15, 0.2) is 0 Å². The Hall–Kier alpha value is -0.570. The van der Waals surface area contributed by atoms with Crippen LogP contribution in [0.25, 0.3) is 0 Å². The minimum atomic E-state index is 0.162. The third kappa shape index (κ3) is 3.50. The number of benzene rings is 1. The predicted molar refractivity (Wildman–Crippen MR) is 82.4 cm³/mol. The van der Waals surface area contributed by atoms with Gasteiger partial charge >= 0.3 is 0 Å². The first kappa shape index (κ1) is 14.8. The van der Waals surface area contributed by atoms with E-state index in [1.54, 1.807) is 0 Å². The van der Waals surface area contributed by atoms with Crippen molar-refractivity contribution in [3.63, 3.8) is 0 Å². The molecule has 1 aliphatic rings. The highest BCUT2D eigenvalue weighted by Gasteiger charge is 2.33. The van der Waals surface area contributed by atoms with Gasteiger partial charge in [0.1, 0.15) is 0 Å². The Morgan fingerprint density at radius 3 is 2.37 bits per heavy atom. The van der Waals surface area contributed by atoms with E-state index in [4.69, 9.17) is 17.3 Å². The number of nitrogens with zero attached hydrogens (tertiary/aromatic N) is 1. The van der Waals surface area contributed by atoms with E-state index in [9.17, 15) is 0 Å². The van der Waals surface area contributed by atoms with Gasteiger partial charge in [-0.3, -0.25) is 4.90 Å². The molecule has 0 amide bonds. The second kappa shape index (κ2) is 6.74. The van der Waals surface area contributed by atoms with Gasteiger partial charge in [-0.1, -0.05) is 55.5 Å². The molecule has 1 aromatic carbocycles. The number of halogens is 1. The van der Waals surface area contributed by atoms with E-state index in [1.807, 2.05) is 12.1 Å². The van der Waals surface area contributed by atoms with Crippen molar-refractivity contribution in [3.8, 4) is 0 Å². The number of nitrogens with two attached hydrogens (primary N) is 1. The molecule has 0 bridgehead atoms. The van der Waals surface area contributed by atoms with Crippen LogP contribution in [0.15, 0.2) is 24.3 Å². The zero-order chi connectivity index (χ0) is 13.7. The summed E-state index contributed by atoms with van der Waals surface area (Å²) in [5, 5.41) is 0.857. The first-order valence-electron chi connectivity index (χ1n) is 7.33. The van der Waals surface area contributed by atoms with E-state index in [-0.39, 0.29) is 5.54 Å². The zero-order valence-electron chi connectivity index (χ0n) is 11.9. The molecule has 2 N–H and O–H groups in total. The Morgan fingerprint density at radius 2 is 1.79 bits per heavy atom. The van der Waals surface area contributed by atoms with Crippen LogP contribution in [0.1, 0.15) is 44.1 Å². The van der Waals surface area contributed by atoms with Crippen molar-refractivity contribution >= 4 is 11.6 Å². The highest BCUT2D eigenvalue weighted by molar-refractivity contribution is 6.31. The molecule has 1 fully saturated rings. The molecule has 0 aromatic heterocycles. The van der Waals surface area contributed by atoms with E-state index in [0.29, 0.717) is 0 Å². The van der Waals surface area contributed by atoms with Gasteiger partial charge in [-0.15, -0.1) is 0 Å². The second-order valence-corrected chi connectivity index (χ2v) is 6.20. The Labute approximate surface area is 121 Å². The molecule has 0 aliphatic heterocycles. The van der Waals surface area contributed by atoms with E-state index in [2.05, 4.69) is 24.1 Å². The van der Waals surface area contributed by atoms with Gasteiger partial charge in [-0.2, -0.15) is 0 Å². The SMILES string of the molecule is CN(Cc1ccccc1Cl)C1(CN)CCCCCC1. The molecule has 0 unspecified atom stereocenters. The summed E-state index contributed by atoms with van der Waals surface area (Å²) in [6, 6.07) is 8.11. The number of rotatable bonds is 4. The Kier molecular flexibility index (Phi) is 5.26.